The molecule has 5 heteroatoms. The predicted molar refractivity (Wildman–Crippen MR) is 68.4 cm³/mol. The van der Waals surface area contributed by atoms with Crippen LogP contribution in [-0.2, 0) is 10.2 Å². The van der Waals surface area contributed by atoms with Crippen molar-refractivity contribution in [1.29, 1.82) is 0 Å². The first kappa shape index (κ1) is 12.5. The van der Waals surface area contributed by atoms with E-state index in [0.717, 1.165) is 10.8 Å². The average molecular weight is 254 g/mol. The van der Waals surface area contributed by atoms with Crippen molar-refractivity contribution < 1.29 is 9.90 Å². The Kier molecular flexibility index (Phi) is 3.23. The van der Waals surface area contributed by atoms with Crippen LogP contribution in [0.5, 0.6) is 0 Å². The fraction of sp³-hybridized carbons (Fsp3) is 0.667. The van der Waals surface area contributed by atoms with Crippen LogP contribution in [0.1, 0.15) is 32.9 Å². The molecule has 1 atom stereocenters. The van der Waals surface area contributed by atoms with Crippen molar-refractivity contribution in [2.45, 2.75) is 32.6 Å². The van der Waals surface area contributed by atoms with Gasteiger partial charge in [-0.25, -0.2) is 4.98 Å². The number of aliphatic hydroxyl groups excluding tert-OH is 1. The Morgan fingerprint density at radius 3 is 2.76 bits per heavy atom. The number of hydrogen-bond donors (Lipinski definition) is 1. The van der Waals surface area contributed by atoms with Crippen molar-refractivity contribution in [3.8, 4) is 0 Å². The fourth-order valence-corrected chi connectivity index (χ4v) is 2.90. The topological polar surface area (TPSA) is 53.4 Å². The highest BCUT2D eigenvalue weighted by Crippen LogP contribution is 2.31. The van der Waals surface area contributed by atoms with Gasteiger partial charge in [0.2, 0.25) is 5.91 Å². The van der Waals surface area contributed by atoms with E-state index in [0.29, 0.717) is 13.0 Å². The molecule has 1 saturated heterocycles. The van der Waals surface area contributed by atoms with E-state index >= 15 is 0 Å². The van der Waals surface area contributed by atoms with Crippen LogP contribution in [-0.4, -0.2) is 29.1 Å². The summed E-state index contributed by atoms with van der Waals surface area (Å²) < 4.78 is 0. The summed E-state index contributed by atoms with van der Waals surface area (Å²) in [5.41, 5.74) is 1.02. The molecule has 4 nitrogen and oxygen atoms in total. The van der Waals surface area contributed by atoms with Gasteiger partial charge in [-0.15, -0.1) is 11.3 Å². The maximum Gasteiger partial charge on any atom is 0.229 e. The lowest BCUT2D eigenvalue weighted by Gasteiger charge is -2.15. The molecule has 1 fully saturated rings. The Bertz CT molecular complexity index is 422. The van der Waals surface area contributed by atoms with Crippen LogP contribution in [0.2, 0.25) is 0 Å². The minimum Gasteiger partial charge on any atom is -0.396 e. The Morgan fingerprint density at radius 1 is 1.59 bits per heavy atom. The van der Waals surface area contributed by atoms with Gasteiger partial charge in [0.05, 0.1) is 5.69 Å². The summed E-state index contributed by atoms with van der Waals surface area (Å²) in [7, 11) is 0. The molecule has 1 N–H and O–H groups in total. The molecule has 1 aliphatic rings. The number of aliphatic hydroxyl groups is 1. The van der Waals surface area contributed by atoms with Gasteiger partial charge in [0.25, 0.3) is 0 Å². The number of thiazole rings is 1. The molecule has 17 heavy (non-hydrogen) atoms. The second-order valence-corrected chi connectivity index (χ2v) is 6.36. The number of rotatable bonds is 2. The molecule has 0 saturated carbocycles. The van der Waals surface area contributed by atoms with Crippen LogP contribution >= 0.6 is 11.3 Å². The van der Waals surface area contributed by atoms with Gasteiger partial charge in [0, 0.05) is 36.3 Å². The summed E-state index contributed by atoms with van der Waals surface area (Å²) in [6.45, 7) is 6.97. The van der Waals surface area contributed by atoms with E-state index < -0.39 is 0 Å². The lowest BCUT2D eigenvalue weighted by molar-refractivity contribution is -0.117. The molecular weight excluding hydrogens is 236 g/mol. The smallest absolute Gasteiger partial charge is 0.229 e. The zero-order valence-corrected chi connectivity index (χ0v) is 11.3. The summed E-state index contributed by atoms with van der Waals surface area (Å²) >= 11 is 1.50. The molecule has 1 aromatic rings. The first-order chi connectivity index (χ1) is 7.91. The Balaban J connectivity index is 2.19. The van der Waals surface area contributed by atoms with Crippen molar-refractivity contribution in [2.75, 3.05) is 18.1 Å². The van der Waals surface area contributed by atoms with Gasteiger partial charge in [-0.2, -0.15) is 0 Å². The summed E-state index contributed by atoms with van der Waals surface area (Å²) in [5.74, 6) is 0.128. The summed E-state index contributed by atoms with van der Waals surface area (Å²) in [5, 5.41) is 11.9. The van der Waals surface area contributed by atoms with Crippen LogP contribution in [0, 0.1) is 5.92 Å². The first-order valence-electron chi connectivity index (χ1n) is 5.79. The molecule has 2 rings (SSSR count). The summed E-state index contributed by atoms with van der Waals surface area (Å²) in [6.07, 6.45) is 0.431. The number of carbonyl (C=O) groups excluding carboxylic acids is 1. The van der Waals surface area contributed by atoms with Crippen molar-refractivity contribution in [2.24, 2.45) is 5.92 Å². The monoisotopic (exact) mass is 254 g/mol. The average Bonchev–Trinajstić information content (AvgIpc) is 2.82. The van der Waals surface area contributed by atoms with Crippen LogP contribution in [0.3, 0.4) is 0 Å². The molecule has 0 aromatic carbocycles. The van der Waals surface area contributed by atoms with E-state index in [4.69, 9.17) is 5.11 Å². The number of anilines is 1. The van der Waals surface area contributed by atoms with Crippen molar-refractivity contribution in [3.63, 3.8) is 0 Å². The van der Waals surface area contributed by atoms with E-state index in [2.05, 4.69) is 25.8 Å². The third-order valence-electron chi connectivity index (χ3n) is 2.95. The van der Waals surface area contributed by atoms with E-state index in [9.17, 15) is 4.79 Å². The number of hydrogen-bond acceptors (Lipinski definition) is 4. The molecule has 0 radical (unpaired) electrons. The van der Waals surface area contributed by atoms with Crippen molar-refractivity contribution in [1.82, 2.24) is 4.98 Å². The molecule has 1 unspecified atom stereocenters. The van der Waals surface area contributed by atoms with Gasteiger partial charge in [-0.1, -0.05) is 20.8 Å². The van der Waals surface area contributed by atoms with E-state index in [1.807, 2.05) is 5.38 Å². The third kappa shape index (κ3) is 2.50. The van der Waals surface area contributed by atoms with Crippen LogP contribution in [0.15, 0.2) is 5.38 Å². The highest BCUT2D eigenvalue weighted by Gasteiger charge is 2.32. The number of carbonyl (C=O) groups is 1. The fourth-order valence-electron chi connectivity index (χ4n) is 1.82. The first-order valence-corrected chi connectivity index (χ1v) is 6.67. The minimum absolute atomic E-state index is 0.00784. The molecule has 2 heterocycles. The third-order valence-corrected chi connectivity index (χ3v) is 3.82. The van der Waals surface area contributed by atoms with Crippen LogP contribution < -0.4 is 4.90 Å². The molecule has 1 amide bonds. The predicted octanol–water partition coefficient (Wildman–Crippen LogP) is 1.79. The highest BCUT2D eigenvalue weighted by atomic mass is 32.1. The molecule has 0 aliphatic carbocycles. The second kappa shape index (κ2) is 4.38. The van der Waals surface area contributed by atoms with E-state index in [1.54, 1.807) is 4.90 Å². The van der Waals surface area contributed by atoms with Crippen molar-refractivity contribution >= 4 is 22.4 Å². The minimum atomic E-state index is 0.00784. The summed E-state index contributed by atoms with van der Waals surface area (Å²) in [6, 6.07) is 0. The second-order valence-electron chi connectivity index (χ2n) is 5.52. The molecule has 94 valence electrons. The molecule has 0 bridgehead atoms. The zero-order chi connectivity index (χ0) is 12.6. The van der Waals surface area contributed by atoms with Crippen LogP contribution in [0.4, 0.5) is 5.13 Å². The normalized spacial score (nSPS) is 21.3. The maximum atomic E-state index is 11.8. The number of amides is 1. The lowest BCUT2D eigenvalue weighted by Crippen LogP contribution is -2.25. The molecule has 1 aromatic heterocycles. The Labute approximate surface area is 105 Å². The van der Waals surface area contributed by atoms with Gasteiger partial charge in [0.1, 0.15) is 0 Å². The van der Waals surface area contributed by atoms with Gasteiger partial charge >= 0.3 is 0 Å². The van der Waals surface area contributed by atoms with Gasteiger partial charge in [-0.05, 0) is 0 Å². The largest absolute Gasteiger partial charge is 0.396 e. The number of aromatic nitrogens is 1. The molecular formula is C12H18N2O2S. The Hall–Kier alpha value is -0.940. The quantitative estimate of drug-likeness (QED) is 0.875. The molecule has 1 aliphatic heterocycles. The van der Waals surface area contributed by atoms with Crippen LogP contribution in [0.25, 0.3) is 0 Å². The SMILES string of the molecule is CC(C)(C)c1csc(N2CC(CO)CC2=O)n1. The maximum absolute atomic E-state index is 11.8. The lowest BCUT2D eigenvalue weighted by atomic mass is 9.93. The Morgan fingerprint density at radius 2 is 2.29 bits per heavy atom. The van der Waals surface area contributed by atoms with Gasteiger partial charge in [-0.3, -0.25) is 9.69 Å². The van der Waals surface area contributed by atoms with Gasteiger partial charge in [0.15, 0.2) is 5.13 Å². The van der Waals surface area contributed by atoms with E-state index in [-0.39, 0.29) is 23.8 Å². The summed E-state index contributed by atoms with van der Waals surface area (Å²) in [4.78, 5) is 18.0. The standard InChI is InChI=1S/C12H18N2O2S/c1-12(2,3)9-7-17-11(13-9)14-5-8(6-15)4-10(14)16/h7-8,15H,4-6H2,1-3H3. The zero-order valence-electron chi connectivity index (χ0n) is 10.4. The van der Waals surface area contributed by atoms with Gasteiger partial charge < -0.3 is 5.11 Å². The highest BCUT2D eigenvalue weighted by molar-refractivity contribution is 7.14. The van der Waals surface area contributed by atoms with Crippen molar-refractivity contribution in [3.05, 3.63) is 11.1 Å². The van der Waals surface area contributed by atoms with E-state index in [1.165, 1.54) is 11.3 Å². The molecule has 0 spiro atoms. The number of nitrogens with zero attached hydrogens (tertiary/aromatic N) is 2.